The third kappa shape index (κ3) is 3.13. The Hall–Kier alpha value is -1.92. The summed E-state index contributed by atoms with van der Waals surface area (Å²) < 4.78 is 11.5. The van der Waals surface area contributed by atoms with Gasteiger partial charge in [-0.2, -0.15) is 0 Å². The number of rotatable bonds is 4. The smallest absolute Gasteiger partial charge is 0.270 e. The van der Waals surface area contributed by atoms with Crippen LogP contribution in [-0.4, -0.2) is 49.5 Å². The number of nitrogens with one attached hydrogen (secondary N) is 1. The van der Waals surface area contributed by atoms with E-state index in [1.807, 2.05) is 12.1 Å². The summed E-state index contributed by atoms with van der Waals surface area (Å²) in [6, 6.07) is 3.76. The van der Waals surface area contributed by atoms with Crippen molar-refractivity contribution >= 4 is 11.6 Å². The second kappa shape index (κ2) is 6.46. The van der Waals surface area contributed by atoms with Gasteiger partial charge in [-0.05, 0) is 12.1 Å². The highest BCUT2D eigenvalue weighted by atomic mass is 16.7. The summed E-state index contributed by atoms with van der Waals surface area (Å²) in [7, 11) is 0. The third-order valence-electron chi connectivity index (χ3n) is 4.09. The van der Waals surface area contributed by atoms with E-state index in [0.717, 1.165) is 31.6 Å². The lowest BCUT2D eigenvalue weighted by Crippen LogP contribution is -2.45. The van der Waals surface area contributed by atoms with Crippen LogP contribution in [0.15, 0.2) is 31.0 Å². The SMILES string of the molecule is C=CCNC(=O)c1cc(N2CCC3(CC2)OCCO3)ccn1. The minimum atomic E-state index is -0.381. The van der Waals surface area contributed by atoms with E-state index in [2.05, 4.69) is 21.8 Å². The Balaban J connectivity index is 1.65. The standard InChI is InChI=1S/C16H21N3O3/c1-2-6-18-15(20)14-12-13(3-7-17-14)19-8-4-16(5-9-19)21-10-11-22-16/h2-3,7,12H,1,4-6,8-11H2,(H,18,20). The molecule has 0 radical (unpaired) electrons. The van der Waals surface area contributed by atoms with Crippen LogP contribution in [0.5, 0.6) is 0 Å². The van der Waals surface area contributed by atoms with Gasteiger partial charge in [0.2, 0.25) is 0 Å². The lowest BCUT2D eigenvalue weighted by atomic mass is 10.0. The lowest BCUT2D eigenvalue weighted by molar-refractivity contribution is -0.169. The van der Waals surface area contributed by atoms with Crippen molar-refractivity contribution in [3.63, 3.8) is 0 Å². The molecular weight excluding hydrogens is 282 g/mol. The minimum absolute atomic E-state index is 0.183. The molecule has 0 bridgehead atoms. The Kier molecular flexibility index (Phi) is 4.40. The minimum Gasteiger partial charge on any atom is -0.371 e. The Morgan fingerprint density at radius 1 is 1.41 bits per heavy atom. The molecule has 0 atom stereocenters. The highest BCUT2D eigenvalue weighted by Gasteiger charge is 2.39. The molecule has 0 aliphatic carbocycles. The van der Waals surface area contributed by atoms with E-state index in [0.29, 0.717) is 25.5 Å². The van der Waals surface area contributed by atoms with Crippen LogP contribution in [0, 0.1) is 0 Å². The van der Waals surface area contributed by atoms with Crippen LogP contribution in [0.4, 0.5) is 5.69 Å². The van der Waals surface area contributed by atoms with Gasteiger partial charge in [0.05, 0.1) is 13.2 Å². The van der Waals surface area contributed by atoms with Crippen LogP contribution in [0.1, 0.15) is 23.3 Å². The first kappa shape index (κ1) is 15.0. The molecule has 2 fully saturated rings. The molecule has 0 aromatic carbocycles. The molecule has 3 rings (SSSR count). The first-order valence-electron chi connectivity index (χ1n) is 7.60. The maximum Gasteiger partial charge on any atom is 0.270 e. The molecule has 1 spiro atoms. The molecule has 6 heteroatoms. The Bertz CT molecular complexity index is 545. The van der Waals surface area contributed by atoms with Crippen molar-refractivity contribution in [1.82, 2.24) is 10.3 Å². The third-order valence-corrected chi connectivity index (χ3v) is 4.09. The van der Waals surface area contributed by atoms with E-state index in [1.165, 1.54) is 0 Å². The number of piperidine rings is 1. The molecule has 2 saturated heterocycles. The maximum atomic E-state index is 12.0. The second-order valence-corrected chi connectivity index (χ2v) is 5.49. The molecule has 1 amide bonds. The van der Waals surface area contributed by atoms with E-state index < -0.39 is 0 Å². The Labute approximate surface area is 130 Å². The molecule has 6 nitrogen and oxygen atoms in total. The topological polar surface area (TPSA) is 63.7 Å². The molecule has 1 aromatic rings. The fourth-order valence-corrected chi connectivity index (χ4v) is 2.89. The monoisotopic (exact) mass is 303 g/mol. The molecule has 2 aliphatic heterocycles. The normalized spacial score (nSPS) is 20.1. The zero-order valence-electron chi connectivity index (χ0n) is 12.6. The first-order chi connectivity index (χ1) is 10.7. The van der Waals surface area contributed by atoms with Crippen molar-refractivity contribution in [2.24, 2.45) is 0 Å². The van der Waals surface area contributed by atoms with Gasteiger partial charge in [-0.15, -0.1) is 6.58 Å². The van der Waals surface area contributed by atoms with Gasteiger partial charge in [0.25, 0.3) is 5.91 Å². The number of hydrogen-bond donors (Lipinski definition) is 1. The van der Waals surface area contributed by atoms with Crippen molar-refractivity contribution < 1.29 is 14.3 Å². The van der Waals surface area contributed by atoms with Crippen LogP contribution >= 0.6 is 0 Å². The van der Waals surface area contributed by atoms with Gasteiger partial charge in [0.1, 0.15) is 5.69 Å². The summed E-state index contributed by atoms with van der Waals surface area (Å²) in [5.41, 5.74) is 1.43. The van der Waals surface area contributed by atoms with Gasteiger partial charge in [0.15, 0.2) is 5.79 Å². The second-order valence-electron chi connectivity index (χ2n) is 5.49. The molecule has 1 N–H and O–H groups in total. The van der Waals surface area contributed by atoms with Crippen molar-refractivity contribution in [1.29, 1.82) is 0 Å². The van der Waals surface area contributed by atoms with Crippen molar-refractivity contribution in [3.8, 4) is 0 Å². The average molecular weight is 303 g/mol. The summed E-state index contributed by atoms with van der Waals surface area (Å²) in [5.74, 6) is -0.564. The van der Waals surface area contributed by atoms with Gasteiger partial charge in [-0.1, -0.05) is 6.08 Å². The van der Waals surface area contributed by atoms with Crippen LogP contribution in [-0.2, 0) is 9.47 Å². The predicted octanol–water partition coefficient (Wildman–Crippen LogP) is 1.34. The average Bonchev–Trinajstić information content (AvgIpc) is 3.01. The molecule has 118 valence electrons. The predicted molar refractivity (Wildman–Crippen MR) is 82.8 cm³/mol. The number of pyridine rings is 1. The molecule has 3 heterocycles. The van der Waals surface area contributed by atoms with Crippen molar-refractivity contribution in [2.75, 3.05) is 37.7 Å². The van der Waals surface area contributed by atoms with Gasteiger partial charge < -0.3 is 19.7 Å². The molecule has 22 heavy (non-hydrogen) atoms. The van der Waals surface area contributed by atoms with E-state index in [-0.39, 0.29) is 11.7 Å². The number of aromatic nitrogens is 1. The van der Waals surface area contributed by atoms with E-state index in [1.54, 1.807) is 12.3 Å². The Morgan fingerprint density at radius 3 is 2.82 bits per heavy atom. The summed E-state index contributed by atoms with van der Waals surface area (Å²) in [6.07, 6.45) is 5.00. The first-order valence-corrected chi connectivity index (χ1v) is 7.60. The van der Waals surface area contributed by atoms with Crippen LogP contribution in [0.3, 0.4) is 0 Å². The van der Waals surface area contributed by atoms with E-state index >= 15 is 0 Å². The summed E-state index contributed by atoms with van der Waals surface area (Å²) in [4.78, 5) is 18.3. The molecule has 0 saturated carbocycles. The van der Waals surface area contributed by atoms with Crippen LogP contribution < -0.4 is 10.2 Å². The molecule has 0 unspecified atom stereocenters. The maximum absolute atomic E-state index is 12.0. The number of hydrogen-bond acceptors (Lipinski definition) is 5. The number of ether oxygens (including phenoxy) is 2. The van der Waals surface area contributed by atoms with Crippen LogP contribution in [0.25, 0.3) is 0 Å². The number of carbonyl (C=O) groups is 1. The number of carbonyl (C=O) groups excluding carboxylic acids is 1. The summed E-state index contributed by atoms with van der Waals surface area (Å²) in [6.45, 7) is 7.08. The lowest BCUT2D eigenvalue weighted by Gasteiger charge is -2.38. The molecule has 1 aromatic heterocycles. The number of anilines is 1. The zero-order chi connectivity index (χ0) is 15.4. The van der Waals surface area contributed by atoms with E-state index in [4.69, 9.17) is 9.47 Å². The largest absolute Gasteiger partial charge is 0.371 e. The van der Waals surface area contributed by atoms with Gasteiger partial charge in [-0.25, -0.2) is 0 Å². The molecular formula is C16H21N3O3. The number of amides is 1. The van der Waals surface area contributed by atoms with Gasteiger partial charge >= 0.3 is 0 Å². The fourth-order valence-electron chi connectivity index (χ4n) is 2.89. The fraction of sp³-hybridized carbons (Fsp3) is 0.500. The molecule has 2 aliphatic rings. The highest BCUT2D eigenvalue weighted by molar-refractivity contribution is 5.93. The van der Waals surface area contributed by atoms with Crippen LogP contribution in [0.2, 0.25) is 0 Å². The van der Waals surface area contributed by atoms with Crippen molar-refractivity contribution in [3.05, 3.63) is 36.7 Å². The van der Waals surface area contributed by atoms with E-state index in [9.17, 15) is 4.79 Å². The highest BCUT2D eigenvalue weighted by Crippen LogP contribution is 2.33. The summed E-state index contributed by atoms with van der Waals surface area (Å²) >= 11 is 0. The summed E-state index contributed by atoms with van der Waals surface area (Å²) in [5, 5.41) is 2.74. The van der Waals surface area contributed by atoms with Gasteiger partial charge in [-0.3, -0.25) is 9.78 Å². The van der Waals surface area contributed by atoms with Gasteiger partial charge in [0, 0.05) is 44.4 Å². The quantitative estimate of drug-likeness (QED) is 0.851. The van der Waals surface area contributed by atoms with Crippen molar-refractivity contribution in [2.45, 2.75) is 18.6 Å². The Morgan fingerprint density at radius 2 is 2.14 bits per heavy atom. The number of nitrogens with zero attached hydrogens (tertiary/aromatic N) is 2. The zero-order valence-corrected chi connectivity index (χ0v) is 12.6.